The van der Waals surface area contributed by atoms with Gasteiger partial charge in [0.2, 0.25) is 0 Å². The lowest BCUT2D eigenvalue weighted by molar-refractivity contribution is 0.0851. The third-order valence-corrected chi connectivity index (χ3v) is 13.0. The molecule has 6 nitrogen and oxygen atoms in total. The molecule has 0 aliphatic heterocycles. The van der Waals surface area contributed by atoms with Crippen molar-refractivity contribution in [2.45, 2.75) is 51.3 Å². The summed E-state index contributed by atoms with van der Waals surface area (Å²) in [4.78, 5) is 2.21. The molecular formula is C24H38O6S2Si2. The molecule has 0 radical (unpaired) electrons. The highest BCUT2D eigenvalue weighted by Gasteiger charge is 2.44. The van der Waals surface area contributed by atoms with Crippen LogP contribution in [0.1, 0.15) is 41.5 Å². The topological polar surface area (TPSA) is 55.4 Å². The molecule has 0 unspecified atom stereocenters. The quantitative estimate of drug-likeness (QED) is 0.205. The SMILES string of the molecule is CCO[Si](OCC)(OCC)c1cccc(SSc2cccc([Si](OCC)(OCC)OCC)c2)c1. The summed E-state index contributed by atoms with van der Waals surface area (Å²) in [6, 6.07) is 16.6. The van der Waals surface area contributed by atoms with Gasteiger partial charge in [-0.25, -0.2) is 0 Å². The van der Waals surface area contributed by atoms with Gasteiger partial charge in [-0.1, -0.05) is 45.9 Å². The first kappa shape index (κ1) is 29.6. The Hall–Kier alpha value is -0.666. The normalized spacial score (nSPS) is 12.3. The smallest absolute Gasteiger partial charge is 0.370 e. The molecule has 0 saturated heterocycles. The van der Waals surface area contributed by atoms with Crippen LogP contribution in [0, 0.1) is 0 Å². The van der Waals surface area contributed by atoms with E-state index in [1.54, 1.807) is 21.6 Å². The molecule has 0 bridgehead atoms. The van der Waals surface area contributed by atoms with Gasteiger partial charge in [-0.3, -0.25) is 0 Å². The van der Waals surface area contributed by atoms with Crippen LogP contribution < -0.4 is 10.4 Å². The predicted molar refractivity (Wildman–Crippen MR) is 145 cm³/mol. The Morgan fingerprint density at radius 2 is 0.794 bits per heavy atom. The summed E-state index contributed by atoms with van der Waals surface area (Å²) >= 11 is 0. The predicted octanol–water partition coefficient (Wildman–Crippen LogP) is 5.00. The minimum Gasteiger partial charge on any atom is -0.370 e. The molecule has 2 aromatic carbocycles. The summed E-state index contributed by atoms with van der Waals surface area (Å²) in [5, 5.41) is 1.96. The Labute approximate surface area is 215 Å². The van der Waals surface area contributed by atoms with Crippen LogP contribution in [-0.4, -0.2) is 57.3 Å². The van der Waals surface area contributed by atoms with Crippen LogP contribution in [0.2, 0.25) is 0 Å². The maximum Gasteiger partial charge on any atom is 0.537 e. The van der Waals surface area contributed by atoms with Gasteiger partial charge in [0, 0.05) is 59.8 Å². The van der Waals surface area contributed by atoms with E-state index in [9.17, 15) is 0 Å². The molecule has 0 amide bonds. The van der Waals surface area contributed by atoms with Gasteiger partial charge in [0.05, 0.1) is 0 Å². The van der Waals surface area contributed by atoms with Crippen LogP contribution in [0.4, 0.5) is 0 Å². The Bertz CT molecular complexity index is 754. The number of hydrogen-bond acceptors (Lipinski definition) is 8. The molecular weight excluding hydrogens is 505 g/mol. The molecule has 34 heavy (non-hydrogen) atoms. The summed E-state index contributed by atoms with van der Waals surface area (Å²) in [6.45, 7) is 15.0. The minimum atomic E-state index is -2.94. The van der Waals surface area contributed by atoms with E-state index >= 15 is 0 Å². The van der Waals surface area contributed by atoms with Crippen LogP contribution in [0.3, 0.4) is 0 Å². The molecule has 0 heterocycles. The summed E-state index contributed by atoms with van der Waals surface area (Å²) in [7, 11) is -2.51. The second-order valence-corrected chi connectivity index (χ2v) is 14.3. The van der Waals surface area contributed by atoms with Gasteiger partial charge in [0.1, 0.15) is 0 Å². The zero-order valence-electron chi connectivity index (χ0n) is 21.1. The summed E-state index contributed by atoms with van der Waals surface area (Å²) < 4.78 is 36.5. The zero-order chi connectivity index (χ0) is 24.9. The van der Waals surface area contributed by atoms with Crippen molar-refractivity contribution in [1.29, 1.82) is 0 Å². The fourth-order valence-electron chi connectivity index (χ4n) is 3.46. The van der Waals surface area contributed by atoms with Gasteiger partial charge in [-0.05, 0) is 65.8 Å². The second kappa shape index (κ2) is 15.4. The van der Waals surface area contributed by atoms with Crippen molar-refractivity contribution >= 4 is 49.6 Å². The van der Waals surface area contributed by atoms with Crippen molar-refractivity contribution in [2.75, 3.05) is 39.6 Å². The van der Waals surface area contributed by atoms with Gasteiger partial charge in [0.15, 0.2) is 0 Å². The molecule has 0 atom stereocenters. The van der Waals surface area contributed by atoms with Crippen molar-refractivity contribution in [3.8, 4) is 0 Å². The summed E-state index contributed by atoms with van der Waals surface area (Å²) in [5.41, 5.74) is 0. The van der Waals surface area contributed by atoms with E-state index < -0.39 is 17.6 Å². The van der Waals surface area contributed by atoms with Crippen LogP contribution in [0.5, 0.6) is 0 Å². The molecule has 2 rings (SSSR count). The maximum atomic E-state index is 6.08. The average Bonchev–Trinajstić information content (AvgIpc) is 2.84. The van der Waals surface area contributed by atoms with Crippen molar-refractivity contribution in [3.63, 3.8) is 0 Å². The third kappa shape index (κ3) is 7.92. The lowest BCUT2D eigenvalue weighted by Gasteiger charge is -2.29. The molecule has 10 heteroatoms. The Morgan fingerprint density at radius 1 is 0.500 bits per heavy atom. The van der Waals surface area contributed by atoms with Crippen molar-refractivity contribution in [3.05, 3.63) is 48.5 Å². The highest BCUT2D eigenvalue weighted by atomic mass is 33.1. The minimum absolute atomic E-state index is 0.538. The van der Waals surface area contributed by atoms with Gasteiger partial charge in [-0.2, -0.15) is 0 Å². The van der Waals surface area contributed by atoms with Crippen LogP contribution >= 0.6 is 21.6 Å². The number of benzene rings is 2. The van der Waals surface area contributed by atoms with E-state index in [2.05, 4.69) is 24.3 Å². The van der Waals surface area contributed by atoms with Crippen molar-refractivity contribution in [2.24, 2.45) is 0 Å². The first-order valence-corrected chi connectivity index (χ1v) is 17.5. The van der Waals surface area contributed by atoms with Crippen molar-refractivity contribution < 1.29 is 26.6 Å². The third-order valence-electron chi connectivity index (χ3n) is 4.62. The number of rotatable bonds is 17. The zero-order valence-corrected chi connectivity index (χ0v) is 24.8. The van der Waals surface area contributed by atoms with E-state index in [-0.39, 0.29) is 0 Å². The summed E-state index contributed by atoms with van der Waals surface area (Å²) in [6.07, 6.45) is 0. The molecule has 0 fully saturated rings. The molecule has 0 aliphatic rings. The fourth-order valence-corrected chi connectivity index (χ4v) is 10.7. The van der Waals surface area contributed by atoms with E-state index in [1.165, 1.54) is 0 Å². The second-order valence-electron chi connectivity index (χ2n) is 6.93. The first-order chi connectivity index (χ1) is 16.5. The van der Waals surface area contributed by atoms with E-state index in [0.717, 1.165) is 20.2 Å². The van der Waals surface area contributed by atoms with E-state index in [4.69, 9.17) is 26.6 Å². The Balaban J connectivity index is 2.26. The molecule has 0 N–H and O–H groups in total. The van der Waals surface area contributed by atoms with E-state index in [1.807, 2.05) is 65.8 Å². The van der Waals surface area contributed by atoms with Crippen LogP contribution in [0.15, 0.2) is 58.3 Å². The van der Waals surface area contributed by atoms with Gasteiger partial charge in [-0.15, -0.1) is 0 Å². The largest absolute Gasteiger partial charge is 0.537 e. The summed E-state index contributed by atoms with van der Waals surface area (Å²) in [5.74, 6) is 0. The lowest BCUT2D eigenvalue weighted by atomic mass is 10.4. The molecule has 0 aliphatic carbocycles. The monoisotopic (exact) mass is 542 g/mol. The maximum absolute atomic E-state index is 6.08. The lowest BCUT2D eigenvalue weighted by Crippen LogP contribution is -2.56. The highest BCUT2D eigenvalue weighted by molar-refractivity contribution is 8.76. The molecule has 0 spiro atoms. The fraction of sp³-hybridized carbons (Fsp3) is 0.500. The Kier molecular flexibility index (Phi) is 13.4. The molecule has 2 aromatic rings. The van der Waals surface area contributed by atoms with Crippen LogP contribution in [-0.2, 0) is 26.6 Å². The Morgan fingerprint density at radius 3 is 1.06 bits per heavy atom. The van der Waals surface area contributed by atoms with E-state index in [0.29, 0.717) is 39.6 Å². The van der Waals surface area contributed by atoms with Gasteiger partial charge < -0.3 is 26.6 Å². The van der Waals surface area contributed by atoms with Crippen molar-refractivity contribution in [1.82, 2.24) is 0 Å². The molecule has 0 saturated carbocycles. The molecule has 0 aromatic heterocycles. The first-order valence-electron chi connectivity index (χ1n) is 11.9. The highest BCUT2D eigenvalue weighted by Crippen LogP contribution is 2.37. The standard InChI is InChI=1S/C24H38O6S2Si2/c1-7-25-33(26-8-2,27-9-3)23-17-13-15-21(19-23)31-32-22-16-14-18-24(20-22)34(28-10-4,29-11-5)30-12-6/h13-20H,7-12H2,1-6H3. The molecule has 190 valence electrons. The van der Waals surface area contributed by atoms with Gasteiger partial charge in [0.25, 0.3) is 0 Å². The number of hydrogen-bond donors (Lipinski definition) is 0. The van der Waals surface area contributed by atoms with Crippen LogP contribution in [0.25, 0.3) is 0 Å². The van der Waals surface area contributed by atoms with Gasteiger partial charge >= 0.3 is 17.6 Å². The average molecular weight is 543 g/mol.